The highest BCUT2D eigenvalue weighted by molar-refractivity contribution is 5.06. The van der Waals surface area contributed by atoms with Crippen molar-refractivity contribution < 1.29 is 0 Å². The minimum atomic E-state index is 0.346. The lowest BCUT2D eigenvalue weighted by molar-refractivity contribution is 0.159. The maximum atomic E-state index is 5.79. The Morgan fingerprint density at radius 3 is 1.68 bits per heavy atom. The van der Waals surface area contributed by atoms with Crippen LogP contribution in [0.25, 0.3) is 0 Å². The SMILES string of the molecule is NCCC(CCN)N(Cc1ccccn1)Cc1ccccn1. The van der Waals surface area contributed by atoms with Gasteiger partial charge in [0, 0.05) is 31.5 Å². The number of hydrogen-bond acceptors (Lipinski definition) is 5. The molecule has 2 aromatic heterocycles. The van der Waals surface area contributed by atoms with Gasteiger partial charge >= 0.3 is 0 Å². The van der Waals surface area contributed by atoms with Gasteiger partial charge in [0.1, 0.15) is 0 Å². The molecule has 0 spiro atoms. The zero-order valence-electron chi connectivity index (χ0n) is 12.9. The molecule has 0 unspecified atom stereocenters. The van der Waals surface area contributed by atoms with E-state index in [4.69, 9.17) is 11.5 Å². The summed E-state index contributed by atoms with van der Waals surface area (Å²) in [4.78, 5) is 11.3. The Kier molecular flexibility index (Phi) is 6.96. The summed E-state index contributed by atoms with van der Waals surface area (Å²) >= 11 is 0. The maximum absolute atomic E-state index is 5.79. The summed E-state index contributed by atoms with van der Waals surface area (Å²) in [5, 5.41) is 0. The van der Waals surface area contributed by atoms with Crippen LogP contribution in [0.2, 0.25) is 0 Å². The van der Waals surface area contributed by atoms with Crippen LogP contribution >= 0.6 is 0 Å². The Hall–Kier alpha value is -1.82. The highest BCUT2D eigenvalue weighted by Crippen LogP contribution is 2.15. The first-order valence-corrected chi connectivity index (χ1v) is 7.77. The van der Waals surface area contributed by atoms with E-state index in [0.29, 0.717) is 19.1 Å². The molecule has 2 rings (SSSR count). The zero-order valence-corrected chi connectivity index (χ0v) is 12.9. The first-order chi connectivity index (χ1) is 10.8. The summed E-state index contributed by atoms with van der Waals surface area (Å²) in [6.45, 7) is 2.88. The van der Waals surface area contributed by atoms with Gasteiger partial charge in [-0.2, -0.15) is 0 Å². The van der Waals surface area contributed by atoms with Crippen LogP contribution in [0.5, 0.6) is 0 Å². The summed E-state index contributed by atoms with van der Waals surface area (Å²) in [7, 11) is 0. The van der Waals surface area contributed by atoms with E-state index in [1.165, 1.54) is 0 Å². The Morgan fingerprint density at radius 2 is 1.32 bits per heavy atom. The number of nitrogens with zero attached hydrogens (tertiary/aromatic N) is 3. The molecular weight excluding hydrogens is 274 g/mol. The van der Waals surface area contributed by atoms with Gasteiger partial charge in [0.2, 0.25) is 0 Å². The van der Waals surface area contributed by atoms with Gasteiger partial charge in [-0.25, -0.2) is 0 Å². The summed E-state index contributed by atoms with van der Waals surface area (Å²) in [5.74, 6) is 0. The van der Waals surface area contributed by atoms with Crippen molar-refractivity contribution in [1.29, 1.82) is 0 Å². The van der Waals surface area contributed by atoms with E-state index in [0.717, 1.165) is 37.3 Å². The van der Waals surface area contributed by atoms with Crippen LogP contribution < -0.4 is 11.5 Å². The highest BCUT2D eigenvalue weighted by atomic mass is 15.2. The van der Waals surface area contributed by atoms with Crippen LogP contribution in [0.4, 0.5) is 0 Å². The van der Waals surface area contributed by atoms with E-state index in [-0.39, 0.29) is 0 Å². The molecular formula is C17H25N5. The molecule has 0 radical (unpaired) electrons. The Balaban J connectivity index is 2.14. The predicted molar refractivity (Wildman–Crippen MR) is 88.9 cm³/mol. The van der Waals surface area contributed by atoms with Gasteiger partial charge in [-0.3, -0.25) is 14.9 Å². The average Bonchev–Trinajstić information content (AvgIpc) is 2.56. The van der Waals surface area contributed by atoms with E-state index in [1.54, 1.807) is 0 Å². The fourth-order valence-corrected chi connectivity index (χ4v) is 2.61. The van der Waals surface area contributed by atoms with Gasteiger partial charge in [-0.05, 0) is 50.2 Å². The number of hydrogen-bond donors (Lipinski definition) is 2. The van der Waals surface area contributed by atoms with Crippen LogP contribution in [0, 0.1) is 0 Å². The largest absolute Gasteiger partial charge is 0.330 e. The average molecular weight is 299 g/mol. The lowest BCUT2D eigenvalue weighted by Gasteiger charge is -2.31. The van der Waals surface area contributed by atoms with E-state index >= 15 is 0 Å². The van der Waals surface area contributed by atoms with Gasteiger partial charge in [-0.15, -0.1) is 0 Å². The topological polar surface area (TPSA) is 81.1 Å². The van der Waals surface area contributed by atoms with E-state index in [2.05, 4.69) is 14.9 Å². The van der Waals surface area contributed by atoms with Crippen LogP contribution in [-0.2, 0) is 13.1 Å². The Morgan fingerprint density at radius 1 is 0.818 bits per heavy atom. The molecule has 5 nitrogen and oxygen atoms in total. The van der Waals surface area contributed by atoms with Crippen molar-refractivity contribution in [2.24, 2.45) is 11.5 Å². The third-order valence-electron chi connectivity index (χ3n) is 3.70. The van der Waals surface area contributed by atoms with Gasteiger partial charge in [0.25, 0.3) is 0 Å². The molecule has 0 aromatic carbocycles. The molecule has 0 bridgehead atoms. The summed E-state index contributed by atoms with van der Waals surface area (Å²) in [6, 6.07) is 12.3. The summed E-state index contributed by atoms with van der Waals surface area (Å²) in [6.07, 6.45) is 5.51. The molecule has 0 fully saturated rings. The molecule has 4 N–H and O–H groups in total. The third-order valence-corrected chi connectivity index (χ3v) is 3.70. The minimum Gasteiger partial charge on any atom is -0.330 e. The molecule has 0 aliphatic rings. The lowest BCUT2D eigenvalue weighted by atomic mass is 10.1. The molecule has 0 aliphatic heterocycles. The smallest absolute Gasteiger partial charge is 0.0544 e. The summed E-state index contributed by atoms with van der Waals surface area (Å²) in [5.41, 5.74) is 13.7. The standard InChI is InChI=1S/C17H25N5/c18-9-7-17(8-10-19)22(13-15-5-1-3-11-20-15)14-16-6-2-4-12-21-16/h1-6,11-12,17H,7-10,13-14,18-19H2. The Bertz CT molecular complexity index is 470. The first-order valence-electron chi connectivity index (χ1n) is 7.77. The van der Waals surface area contributed by atoms with Crippen molar-refractivity contribution in [3.05, 3.63) is 60.2 Å². The Labute approximate surface area is 132 Å². The normalized spacial score (nSPS) is 11.3. The predicted octanol–water partition coefficient (Wildman–Crippen LogP) is 1.55. The van der Waals surface area contributed by atoms with Crippen LogP contribution in [0.1, 0.15) is 24.2 Å². The molecule has 22 heavy (non-hydrogen) atoms. The molecule has 0 saturated heterocycles. The minimum absolute atomic E-state index is 0.346. The van der Waals surface area contributed by atoms with Crippen LogP contribution in [0.15, 0.2) is 48.8 Å². The van der Waals surface area contributed by atoms with Crippen LogP contribution in [0.3, 0.4) is 0 Å². The fraction of sp³-hybridized carbons (Fsp3) is 0.412. The lowest BCUT2D eigenvalue weighted by Crippen LogP contribution is -2.37. The third kappa shape index (κ3) is 5.18. The molecule has 2 heterocycles. The molecule has 118 valence electrons. The number of pyridine rings is 2. The second kappa shape index (κ2) is 9.25. The summed E-state index contributed by atoms with van der Waals surface area (Å²) < 4.78 is 0. The molecule has 0 aliphatic carbocycles. The van der Waals surface area contributed by atoms with Gasteiger partial charge in [-0.1, -0.05) is 12.1 Å². The van der Waals surface area contributed by atoms with Crippen molar-refractivity contribution in [1.82, 2.24) is 14.9 Å². The first kappa shape index (κ1) is 16.5. The van der Waals surface area contributed by atoms with Crippen LogP contribution in [-0.4, -0.2) is 34.0 Å². The van der Waals surface area contributed by atoms with E-state index in [9.17, 15) is 0 Å². The molecule has 0 saturated carbocycles. The number of aromatic nitrogens is 2. The van der Waals surface area contributed by atoms with Crippen molar-refractivity contribution >= 4 is 0 Å². The monoisotopic (exact) mass is 299 g/mol. The molecule has 0 amide bonds. The zero-order chi connectivity index (χ0) is 15.6. The van der Waals surface area contributed by atoms with E-state index in [1.807, 2.05) is 48.8 Å². The molecule has 5 heteroatoms. The van der Waals surface area contributed by atoms with Gasteiger partial charge < -0.3 is 11.5 Å². The number of nitrogens with two attached hydrogens (primary N) is 2. The molecule has 0 atom stereocenters. The number of rotatable bonds is 9. The van der Waals surface area contributed by atoms with E-state index < -0.39 is 0 Å². The fourth-order valence-electron chi connectivity index (χ4n) is 2.61. The van der Waals surface area contributed by atoms with Crippen molar-refractivity contribution in [2.75, 3.05) is 13.1 Å². The van der Waals surface area contributed by atoms with Crippen molar-refractivity contribution in [3.8, 4) is 0 Å². The van der Waals surface area contributed by atoms with Gasteiger partial charge in [0.05, 0.1) is 11.4 Å². The highest BCUT2D eigenvalue weighted by Gasteiger charge is 2.18. The quantitative estimate of drug-likeness (QED) is 0.734. The second-order valence-electron chi connectivity index (χ2n) is 5.36. The van der Waals surface area contributed by atoms with Gasteiger partial charge in [0.15, 0.2) is 0 Å². The maximum Gasteiger partial charge on any atom is 0.0544 e. The molecule has 2 aromatic rings. The van der Waals surface area contributed by atoms with Crippen molar-refractivity contribution in [2.45, 2.75) is 32.0 Å². The second-order valence-corrected chi connectivity index (χ2v) is 5.36. The van der Waals surface area contributed by atoms with Crippen molar-refractivity contribution in [3.63, 3.8) is 0 Å².